The van der Waals surface area contributed by atoms with Crippen molar-refractivity contribution in [1.82, 2.24) is 9.88 Å². The number of amides is 2. The van der Waals surface area contributed by atoms with Gasteiger partial charge in [-0.15, -0.1) is 0 Å². The summed E-state index contributed by atoms with van der Waals surface area (Å²) in [6.07, 6.45) is 4.26. The lowest BCUT2D eigenvalue weighted by Crippen LogP contribution is -2.59. The molecule has 1 aromatic heterocycles. The van der Waals surface area contributed by atoms with E-state index in [0.29, 0.717) is 51.1 Å². The van der Waals surface area contributed by atoms with Gasteiger partial charge in [-0.05, 0) is 57.2 Å². The summed E-state index contributed by atoms with van der Waals surface area (Å²) in [5.41, 5.74) is 8.31. The minimum absolute atomic E-state index is 0.0713. The second-order valence-corrected chi connectivity index (χ2v) is 9.06. The van der Waals surface area contributed by atoms with E-state index >= 15 is 0 Å². The fourth-order valence-corrected chi connectivity index (χ4v) is 5.31. The molecule has 0 spiro atoms. The summed E-state index contributed by atoms with van der Waals surface area (Å²) >= 11 is 0. The minimum Gasteiger partial charge on any atom is -0.381 e. The van der Waals surface area contributed by atoms with Crippen molar-refractivity contribution in [2.24, 2.45) is 5.73 Å². The Kier molecular flexibility index (Phi) is 5.84. The highest BCUT2D eigenvalue weighted by Crippen LogP contribution is 2.40. The summed E-state index contributed by atoms with van der Waals surface area (Å²) in [7, 11) is 0. The van der Waals surface area contributed by atoms with E-state index in [1.807, 2.05) is 23.1 Å². The third-order valence-corrected chi connectivity index (χ3v) is 6.94. The van der Waals surface area contributed by atoms with Gasteiger partial charge in [0.15, 0.2) is 0 Å². The molecule has 0 radical (unpaired) electrons. The van der Waals surface area contributed by atoms with Crippen LogP contribution in [0.1, 0.15) is 48.1 Å². The largest absolute Gasteiger partial charge is 0.381 e. The number of benzene rings is 1. The van der Waals surface area contributed by atoms with Crippen LogP contribution in [0.4, 0.5) is 0 Å². The summed E-state index contributed by atoms with van der Waals surface area (Å²) in [4.78, 5) is 33.1. The Balaban J connectivity index is 1.73. The molecule has 4 rings (SSSR count). The lowest BCUT2D eigenvalue weighted by atomic mass is 9.70. The van der Waals surface area contributed by atoms with Gasteiger partial charge in [0.25, 0.3) is 0 Å². The molecule has 2 N–H and O–H groups in total. The Hall–Kier alpha value is -2.73. The fraction of sp³-hybridized carbons (Fsp3) is 0.480. The standard InChI is InChI=1S/C25H31N3O3/c1-18-14-19(2)16-20(15-18)24(8-12-31-13-9-24)23(30)28-11-5-7-25(17-28,22(26)29)21-6-3-4-10-27-21/h3-4,6,10,14-16H,5,7-9,11-13,17H2,1-2H3,(H2,26,29). The number of carbonyl (C=O) groups excluding carboxylic acids is 2. The monoisotopic (exact) mass is 421 g/mol. The maximum absolute atomic E-state index is 14.1. The van der Waals surface area contributed by atoms with E-state index in [1.54, 1.807) is 6.20 Å². The van der Waals surface area contributed by atoms with Crippen LogP contribution in [0, 0.1) is 13.8 Å². The molecule has 2 aromatic rings. The number of aromatic nitrogens is 1. The van der Waals surface area contributed by atoms with Gasteiger partial charge in [-0.2, -0.15) is 0 Å². The van der Waals surface area contributed by atoms with Crippen molar-refractivity contribution in [3.05, 3.63) is 65.0 Å². The summed E-state index contributed by atoms with van der Waals surface area (Å²) in [5, 5.41) is 0. The van der Waals surface area contributed by atoms with Gasteiger partial charge < -0.3 is 15.4 Å². The first kappa shape index (κ1) is 21.5. The molecule has 2 amide bonds. The molecule has 31 heavy (non-hydrogen) atoms. The lowest BCUT2D eigenvalue weighted by Gasteiger charge is -2.45. The van der Waals surface area contributed by atoms with Crippen LogP contribution in [0.25, 0.3) is 0 Å². The van der Waals surface area contributed by atoms with Crippen LogP contribution < -0.4 is 5.73 Å². The van der Waals surface area contributed by atoms with Crippen molar-refractivity contribution >= 4 is 11.8 Å². The molecule has 2 fully saturated rings. The normalized spacial score (nSPS) is 23.4. The average Bonchev–Trinajstić information content (AvgIpc) is 2.79. The average molecular weight is 422 g/mol. The Morgan fingerprint density at radius 3 is 2.35 bits per heavy atom. The van der Waals surface area contributed by atoms with Crippen LogP contribution in [-0.4, -0.2) is 48.0 Å². The van der Waals surface area contributed by atoms with Crippen LogP contribution in [0.2, 0.25) is 0 Å². The topological polar surface area (TPSA) is 85.5 Å². The molecule has 1 unspecified atom stereocenters. The Labute approximate surface area is 183 Å². The van der Waals surface area contributed by atoms with E-state index < -0.39 is 16.7 Å². The molecular weight excluding hydrogens is 390 g/mol. The van der Waals surface area contributed by atoms with Gasteiger partial charge in [-0.1, -0.05) is 35.4 Å². The Morgan fingerprint density at radius 1 is 1.03 bits per heavy atom. The van der Waals surface area contributed by atoms with Crippen LogP contribution in [0.15, 0.2) is 42.6 Å². The number of piperidine rings is 1. The van der Waals surface area contributed by atoms with Gasteiger partial charge in [0.2, 0.25) is 11.8 Å². The summed E-state index contributed by atoms with van der Waals surface area (Å²) in [6, 6.07) is 11.9. The maximum atomic E-state index is 14.1. The Bertz CT molecular complexity index is 949. The third kappa shape index (κ3) is 3.85. The van der Waals surface area contributed by atoms with Gasteiger partial charge in [0.1, 0.15) is 5.41 Å². The van der Waals surface area contributed by atoms with Crippen molar-refractivity contribution in [3.8, 4) is 0 Å². The predicted octanol–water partition coefficient (Wildman–Crippen LogP) is 2.79. The third-order valence-electron chi connectivity index (χ3n) is 6.94. The van der Waals surface area contributed by atoms with Crippen molar-refractivity contribution in [2.45, 2.75) is 50.4 Å². The van der Waals surface area contributed by atoms with Crippen molar-refractivity contribution < 1.29 is 14.3 Å². The van der Waals surface area contributed by atoms with Gasteiger partial charge in [-0.25, -0.2) is 0 Å². The molecule has 1 atom stereocenters. The summed E-state index contributed by atoms with van der Waals surface area (Å²) in [6.45, 7) is 6.11. The second-order valence-electron chi connectivity index (χ2n) is 9.06. The first-order valence-corrected chi connectivity index (χ1v) is 11.0. The van der Waals surface area contributed by atoms with Crippen molar-refractivity contribution in [2.75, 3.05) is 26.3 Å². The number of ether oxygens (including phenoxy) is 1. The molecule has 2 saturated heterocycles. The number of primary amides is 1. The van der Waals surface area contributed by atoms with Crippen molar-refractivity contribution in [3.63, 3.8) is 0 Å². The highest BCUT2D eigenvalue weighted by atomic mass is 16.5. The van der Waals surface area contributed by atoms with Gasteiger partial charge >= 0.3 is 0 Å². The molecule has 0 saturated carbocycles. The Morgan fingerprint density at radius 2 is 1.74 bits per heavy atom. The minimum atomic E-state index is -0.954. The van der Waals surface area contributed by atoms with Crippen LogP contribution in [0.5, 0.6) is 0 Å². The van der Waals surface area contributed by atoms with E-state index in [9.17, 15) is 9.59 Å². The molecule has 3 heterocycles. The predicted molar refractivity (Wildman–Crippen MR) is 119 cm³/mol. The zero-order valence-electron chi connectivity index (χ0n) is 18.4. The number of nitrogens with zero attached hydrogens (tertiary/aromatic N) is 2. The lowest BCUT2D eigenvalue weighted by molar-refractivity contribution is -0.145. The molecule has 0 aliphatic carbocycles. The number of carbonyl (C=O) groups is 2. The molecule has 0 bridgehead atoms. The quantitative estimate of drug-likeness (QED) is 0.823. The van der Waals surface area contributed by atoms with E-state index in [0.717, 1.165) is 16.7 Å². The van der Waals surface area contributed by atoms with Crippen LogP contribution >= 0.6 is 0 Å². The molecule has 164 valence electrons. The number of nitrogens with two attached hydrogens (primary N) is 1. The zero-order chi connectivity index (χ0) is 22.1. The highest BCUT2D eigenvalue weighted by Gasteiger charge is 2.50. The summed E-state index contributed by atoms with van der Waals surface area (Å²) < 4.78 is 5.64. The SMILES string of the molecule is Cc1cc(C)cc(C2(C(=O)N3CCCC(C(N)=O)(c4ccccn4)C3)CCOCC2)c1. The van der Waals surface area contributed by atoms with E-state index in [2.05, 4.69) is 37.0 Å². The second kappa shape index (κ2) is 8.42. The number of hydrogen-bond acceptors (Lipinski definition) is 4. The molecule has 2 aliphatic heterocycles. The van der Waals surface area contributed by atoms with E-state index in [-0.39, 0.29) is 12.5 Å². The van der Waals surface area contributed by atoms with Crippen molar-refractivity contribution in [1.29, 1.82) is 0 Å². The number of likely N-dealkylation sites (tertiary alicyclic amines) is 1. The molecule has 2 aliphatic rings. The summed E-state index contributed by atoms with van der Waals surface area (Å²) in [5.74, 6) is -0.349. The van der Waals surface area contributed by atoms with Gasteiger partial charge in [-0.3, -0.25) is 14.6 Å². The maximum Gasteiger partial charge on any atom is 0.233 e. The van der Waals surface area contributed by atoms with Gasteiger partial charge in [0.05, 0.1) is 11.1 Å². The number of rotatable bonds is 4. The number of hydrogen-bond donors (Lipinski definition) is 1. The first-order valence-electron chi connectivity index (χ1n) is 11.0. The highest BCUT2D eigenvalue weighted by molar-refractivity contribution is 5.91. The number of pyridine rings is 1. The van der Waals surface area contributed by atoms with Crippen LogP contribution in [-0.2, 0) is 25.2 Å². The van der Waals surface area contributed by atoms with E-state index in [1.165, 1.54) is 0 Å². The fourth-order valence-electron chi connectivity index (χ4n) is 5.31. The molecular formula is C25H31N3O3. The number of aryl methyl sites for hydroxylation is 2. The zero-order valence-corrected chi connectivity index (χ0v) is 18.4. The molecule has 6 heteroatoms. The first-order chi connectivity index (χ1) is 14.9. The smallest absolute Gasteiger partial charge is 0.233 e. The van der Waals surface area contributed by atoms with Crippen LogP contribution in [0.3, 0.4) is 0 Å². The van der Waals surface area contributed by atoms with E-state index in [4.69, 9.17) is 10.5 Å². The van der Waals surface area contributed by atoms with Gasteiger partial charge in [0, 0.05) is 32.5 Å². The molecule has 1 aromatic carbocycles. The molecule has 6 nitrogen and oxygen atoms in total.